The Labute approximate surface area is 107 Å². The van der Waals surface area contributed by atoms with E-state index in [1.165, 1.54) is 4.90 Å². The number of nitrogens with zero attached hydrogens (tertiary/aromatic N) is 1. The fourth-order valence-corrected chi connectivity index (χ4v) is 1.43. The summed E-state index contributed by atoms with van der Waals surface area (Å²) in [7, 11) is 0. The summed E-state index contributed by atoms with van der Waals surface area (Å²) in [6, 6.07) is 9.42. The van der Waals surface area contributed by atoms with Gasteiger partial charge in [-0.1, -0.05) is 30.3 Å². The molecular formula is C14H17NO3. The standard InChI is InChI=1S/C14H17NO3/c1-2-3-9-15(10-11-16)14(17)18-12-13-7-5-4-6-8-13/h1,4-8,16H,3,9-12H2. The van der Waals surface area contributed by atoms with E-state index in [4.69, 9.17) is 16.3 Å². The molecule has 0 radical (unpaired) electrons. The molecule has 0 aromatic heterocycles. The van der Waals surface area contributed by atoms with Crippen LogP contribution in [0.15, 0.2) is 30.3 Å². The molecule has 18 heavy (non-hydrogen) atoms. The quantitative estimate of drug-likeness (QED) is 0.777. The van der Waals surface area contributed by atoms with E-state index >= 15 is 0 Å². The van der Waals surface area contributed by atoms with Crippen molar-refractivity contribution >= 4 is 6.09 Å². The maximum atomic E-state index is 11.7. The predicted octanol–water partition coefficient (Wildman–Crippen LogP) is 1.64. The van der Waals surface area contributed by atoms with E-state index in [1.54, 1.807) is 0 Å². The molecule has 0 bridgehead atoms. The second-order valence-electron chi connectivity index (χ2n) is 3.70. The first kappa shape index (κ1) is 14.1. The fraction of sp³-hybridized carbons (Fsp3) is 0.357. The number of aliphatic hydroxyl groups is 1. The summed E-state index contributed by atoms with van der Waals surface area (Å²) in [6.07, 6.45) is 5.14. The van der Waals surface area contributed by atoms with Gasteiger partial charge in [0, 0.05) is 19.5 Å². The number of hydrogen-bond acceptors (Lipinski definition) is 3. The zero-order chi connectivity index (χ0) is 13.2. The summed E-state index contributed by atoms with van der Waals surface area (Å²) in [5, 5.41) is 8.87. The second-order valence-corrected chi connectivity index (χ2v) is 3.70. The molecule has 1 N–H and O–H groups in total. The number of aliphatic hydroxyl groups excluding tert-OH is 1. The molecule has 0 aliphatic carbocycles. The summed E-state index contributed by atoms with van der Waals surface area (Å²) in [6.45, 7) is 0.739. The molecule has 4 heteroatoms. The Bertz CT molecular complexity index is 397. The lowest BCUT2D eigenvalue weighted by molar-refractivity contribution is 0.0894. The van der Waals surface area contributed by atoms with Gasteiger partial charge in [-0.25, -0.2) is 4.79 Å². The van der Waals surface area contributed by atoms with Crippen LogP contribution in [0.5, 0.6) is 0 Å². The van der Waals surface area contributed by atoms with Crippen molar-refractivity contribution in [2.45, 2.75) is 13.0 Å². The van der Waals surface area contributed by atoms with E-state index < -0.39 is 6.09 Å². The molecule has 0 saturated carbocycles. The van der Waals surface area contributed by atoms with Crippen molar-refractivity contribution in [3.63, 3.8) is 0 Å². The highest BCUT2D eigenvalue weighted by Crippen LogP contribution is 2.03. The van der Waals surface area contributed by atoms with Crippen LogP contribution in [-0.4, -0.2) is 35.8 Å². The van der Waals surface area contributed by atoms with Crippen LogP contribution in [0.4, 0.5) is 4.79 Å². The molecule has 0 unspecified atom stereocenters. The number of terminal acetylenes is 1. The molecule has 4 nitrogen and oxygen atoms in total. The molecule has 0 saturated heterocycles. The summed E-state index contributed by atoms with van der Waals surface area (Å²) >= 11 is 0. The number of carbonyl (C=O) groups is 1. The van der Waals surface area contributed by atoms with Gasteiger partial charge in [0.15, 0.2) is 0 Å². The van der Waals surface area contributed by atoms with Crippen molar-refractivity contribution in [1.29, 1.82) is 0 Å². The Morgan fingerprint density at radius 3 is 2.67 bits per heavy atom. The minimum Gasteiger partial charge on any atom is -0.445 e. The number of carbonyl (C=O) groups excluding carboxylic acids is 1. The first-order valence-electron chi connectivity index (χ1n) is 5.78. The van der Waals surface area contributed by atoms with Gasteiger partial charge in [0.2, 0.25) is 0 Å². The number of ether oxygens (including phenoxy) is 1. The average molecular weight is 247 g/mol. The molecule has 1 amide bonds. The molecule has 0 aliphatic rings. The van der Waals surface area contributed by atoms with E-state index in [0.717, 1.165) is 5.56 Å². The summed E-state index contributed by atoms with van der Waals surface area (Å²) < 4.78 is 5.15. The molecule has 0 atom stereocenters. The average Bonchev–Trinajstić information content (AvgIpc) is 2.42. The lowest BCUT2D eigenvalue weighted by Gasteiger charge is -2.20. The summed E-state index contributed by atoms with van der Waals surface area (Å²) in [5.74, 6) is 2.45. The molecular weight excluding hydrogens is 230 g/mol. The number of rotatable bonds is 6. The van der Waals surface area contributed by atoms with Crippen molar-refractivity contribution in [3.05, 3.63) is 35.9 Å². The van der Waals surface area contributed by atoms with Gasteiger partial charge in [-0.15, -0.1) is 12.3 Å². The zero-order valence-corrected chi connectivity index (χ0v) is 10.2. The fourth-order valence-electron chi connectivity index (χ4n) is 1.43. The third-order valence-electron chi connectivity index (χ3n) is 2.36. The first-order chi connectivity index (χ1) is 8.77. The highest BCUT2D eigenvalue weighted by molar-refractivity contribution is 5.67. The van der Waals surface area contributed by atoms with Crippen molar-refractivity contribution in [3.8, 4) is 12.3 Å². The Morgan fingerprint density at radius 1 is 1.33 bits per heavy atom. The smallest absolute Gasteiger partial charge is 0.410 e. The van der Waals surface area contributed by atoms with Crippen LogP contribution in [0.3, 0.4) is 0 Å². The van der Waals surface area contributed by atoms with Gasteiger partial charge in [-0.3, -0.25) is 0 Å². The zero-order valence-electron chi connectivity index (χ0n) is 10.2. The number of amides is 1. The molecule has 0 fully saturated rings. The molecule has 1 aromatic rings. The molecule has 0 spiro atoms. The Balaban J connectivity index is 2.43. The lowest BCUT2D eigenvalue weighted by atomic mass is 10.2. The maximum absolute atomic E-state index is 11.7. The predicted molar refractivity (Wildman–Crippen MR) is 68.7 cm³/mol. The van der Waals surface area contributed by atoms with Gasteiger partial charge in [0.25, 0.3) is 0 Å². The van der Waals surface area contributed by atoms with Crippen LogP contribution in [0.2, 0.25) is 0 Å². The Kier molecular flexibility index (Phi) is 6.37. The molecule has 96 valence electrons. The van der Waals surface area contributed by atoms with E-state index in [9.17, 15) is 4.79 Å². The first-order valence-corrected chi connectivity index (χ1v) is 5.78. The van der Waals surface area contributed by atoms with Crippen molar-refractivity contribution in [2.24, 2.45) is 0 Å². The van der Waals surface area contributed by atoms with Crippen LogP contribution >= 0.6 is 0 Å². The topological polar surface area (TPSA) is 49.8 Å². The highest BCUT2D eigenvalue weighted by Gasteiger charge is 2.13. The van der Waals surface area contributed by atoms with E-state index in [-0.39, 0.29) is 19.8 Å². The number of benzene rings is 1. The van der Waals surface area contributed by atoms with Crippen LogP contribution in [-0.2, 0) is 11.3 Å². The largest absolute Gasteiger partial charge is 0.445 e. The van der Waals surface area contributed by atoms with Gasteiger partial charge in [-0.2, -0.15) is 0 Å². The van der Waals surface area contributed by atoms with E-state index in [1.807, 2.05) is 30.3 Å². The van der Waals surface area contributed by atoms with Gasteiger partial charge >= 0.3 is 6.09 Å². The second kappa shape index (κ2) is 8.15. The lowest BCUT2D eigenvalue weighted by Crippen LogP contribution is -2.34. The van der Waals surface area contributed by atoms with Crippen LogP contribution in [0.1, 0.15) is 12.0 Å². The third kappa shape index (κ3) is 4.89. The normalized spacial score (nSPS) is 9.56. The van der Waals surface area contributed by atoms with Gasteiger partial charge in [-0.05, 0) is 5.56 Å². The van der Waals surface area contributed by atoms with Crippen molar-refractivity contribution in [1.82, 2.24) is 4.90 Å². The van der Waals surface area contributed by atoms with Crippen molar-refractivity contribution in [2.75, 3.05) is 19.7 Å². The molecule has 1 aromatic carbocycles. The van der Waals surface area contributed by atoms with Gasteiger partial charge in [0.05, 0.1) is 6.61 Å². The number of hydrogen-bond donors (Lipinski definition) is 1. The van der Waals surface area contributed by atoms with Crippen LogP contribution in [0, 0.1) is 12.3 Å². The highest BCUT2D eigenvalue weighted by atomic mass is 16.6. The monoisotopic (exact) mass is 247 g/mol. The Hall–Kier alpha value is -1.99. The van der Waals surface area contributed by atoms with Crippen molar-refractivity contribution < 1.29 is 14.6 Å². The third-order valence-corrected chi connectivity index (χ3v) is 2.36. The van der Waals surface area contributed by atoms with Crippen LogP contribution in [0.25, 0.3) is 0 Å². The van der Waals surface area contributed by atoms with Crippen LogP contribution < -0.4 is 0 Å². The molecule has 1 rings (SSSR count). The van der Waals surface area contributed by atoms with Gasteiger partial charge < -0.3 is 14.7 Å². The summed E-state index contributed by atoms with van der Waals surface area (Å²) in [4.78, 5) is 13.1. The molecule has 0 heterocycles. The SMILES string of the molecule is C#CCCN(CCO)C(=O)OCc1ccccc1. The Morgan fingerprint density at radius 2 is 2.06 bits per heavy atom. The minimum atomic E-state index is -0.455. The van der Waals surface area contributed by atoms with E-state index in [0.29, 0.717) is 13.0 Å². The summed E-state index contributed by atoms with van der Waals surface area (Å²) in [5.41, 5.74) is 0.923. The minimum absolute atomic E-state index is 0.106. The van der Waals surface area contributed by atoms with Gasteiger partial charge in [0.1, 0.15) is 6.61 Å². The maximum Gasteiger partial charge on any atom is 0.410 e. The molecule has 0 aliphatic heterocycles. The van der Waals surface area contributed by atoms with E-state index in [2.05, 4.69) is 5.92 Å².